The lowest BCUT2D eigenvalue weighted by Gasteiger charge is -2.08. The third-order valence-corrected chi connectivity index (χ3v) is 6.28. The van der Waals surface area contributed by atoms with E-state index in [0.717, 1.165) is 38.6 Å². The Morgan fingerprint density at radius 1 is 0.697 bits per heavy atom. The quantitative estimate of drug-likeness (QED) is 0.297. The SMILES string of the molecule is O=C(Cc1ccc(-c2ccccc2)cc1)Nc1cccc(-c2csc(-c3ccccc3)n2)c1. The van der Waals surface area contributed by atoms with Crippen molar-refractivity contribution in [1.29, 1.82) is 0 Å². The maximum absolute atomic E-state index is 12.6. The third-order valence-electron chi connectivity index (χ3n) is 5.39. The first-order valence-electron chi connectivity index (χ1n) is 10.8. The van der Waals surface area contributed by atoms with Crippen LogP contribution in [0.25, 0.3) is 33.0 Å². The van der Waals surface area contributed by atoms with E-state index in [1.807, 2.05) is 72.8 Å². The summed E-state index contributed by atoms with van der Waals surface area (Å²) in [4.78, 5) is 17.4. The number of hydrogen-bond acceptors (Lipinski definition) is 3. The van der Waals surface area contributed by atoms with Gasteiger partial charge in [-0.05, 0) is 28.8 Å². The van der Waals surface area contributed by atoms with Crippen molar-refractivity contribution < 1.29 is 4.79 Å². The molecule has 5 aromatic rings. The number of nitrogens with one attached hydrogen (secondary N) is 1. The Bertz CT molecular complexity index is 1360. The molecule has 0 atom stereocenters. The predicted octanol–water partition coefficient (Wildman–Crippen LogP) is 7.33. The maximum atomic E-state index is 12.6. The Labute approximate surface area is 197 Å². The number of anilines is 1. The fourth-order valence-corrected chi connectivity index (χ4v) is 4.55. The minimum atomic E-state index is -0.0390. The van der Waals surface area contributed by atoms with E-state index in [1.54, 1.807) is 11.3 Å². The van der Waals surface area contributed by atoms with Crippen LogP contribution in [0.3, 0.4) is 0 Å². The van der Waals surface area contributed by atoms with Gasteiger partial charge in [-0.1, -0.05) is 97.1 Å². The standard InChI is InChI=1S/C29H22N2OS/c32-28(18-21-14-16-23(17-15-21)22-8-3-1-4-9-22)30-26-13-7-12-25(19-26)27-20-33-29(31-27)24-10-5-2-6-11-24/h1-17,19-20H,18H2,(H,30,32). The van der Waals surface area contributed by atoms with Gasteiger partial charge >= 0.3 is 0 Å². The second-order valence-corrected chi connectivity index (χ2v) is 8.63. The zero-order valence-electron chi connectivity index (χ0n) is 17.9. The first kappa shape index (κ1) is 20.9. The molecule has 4 heteroatoms. The maximum Gasteiger partial charge on any atom is 0.228 e. The molecule has 5 rings (SSSR count). The summed E-state index contributed by atoms with van der Waals surface area (Å²) in [6.45, 7) is 0. The van der Waals surface area contributed by atoms with Gasteiger partial charge in [0.15, 0.2) is 0 Å². The lowest BCUT2D eigenvalue weighted by atomic mass is 10.0. The van der Waals surface area contributed by atoms with Crippen LogP contribution in [-0.2, 0) is 11.2 Å². The molecule has 0 unspecified atom stereocenters. The highest BCUT2D eigenvalue weighted by Crippen LogP contribution is 2.30. The second-order valence-electron chi connectivity index (χ2n) is 7.77. The molecule has 33 heavy (non-hydrogen) atoms. The number of aromatic nitrogens is 1. The van der Waals surface area contributed by atoms with Crippen LogP contribution in [0.4, 0.5) is 5.69 Å². The molecule has 0 spiro atoms. The number of benzene rings is 4. The molecule has 0 saturated carbocycles. The van der Waals surface area contributed by atoms with Gasteiger partial charge in [-0.25, -0.2) is 4.98 Å². The molecule has 0 radical (unpaired) electrons. The zero-order chi connectivity index (χ0) is 22.5. The molecular formula is C29H22N2OS. The Morgan fingerprint density at radius 3 is 2.06 bits per heavy atom. The van der Waals surface area contributed by atoms with E-state index in [4.69, 9.17) is 4.98 Å². The topological polar surface area (TPSA) is 42.0 Å². The van der Waals surface area contributed by atoms with Crippen molar-refractivity contribution in [2.24, 2.45) is 0 Å². The molecule has 0 aliphatic rings. The fraction of sp³-hybridized carbons (Fsp3) is 0.0345. The molecule has 0 bridgehead atoms. The number of rotatable bonds is 6. The first-order chi connectivity index (χ1) is 16.2. The molecule has 0 saturated heterocycles. The summed E-state index contributed by atoms with van der Waals surface area (Å²) in [6.07, 6.45) is 0.328. The van der Waals surface area contributed by atoms with Crippen LogP contribution in [0.2, 0.25) is 0 Å². The summed E-state index contributed by atoms with van der Waals surface area (Å²) in [5, 5.41) is 6.06. The summed E-state index contributed by atoms with van der Waals surface area (Å²) < 4.78 is 0. The Balaban J connectivity index is 1.25. The summed E-state index contributed by atoms with van der Waals surface area (Å²) in [5.74, 6) is -0.0390. The molecule has 0 fully saturated rings. The van der Waals surface area contributed by atoms with Crippen molar-refractivity contribution >= 4 is 22.9 Å². The highest BCUT2D eigenvalue weighted by molar-refractivity contribution is 7.13. The smallest absolute Gasteiger partial charge is 0.228 e. The van der Waals surface area contributed by atoms with Gasteiger partial charge in [0.25, 0.3) is 0 Å². The fourth-order valence-electron chi connectivity index (χ4n) is 3.71. The molecule has 4 aromatic carbocycles. The van der Waals surface area contributed by atoms with E-state index < -0.39 is 0 Å². The van der Waals surface area contributed by atoms with Gasteiger partial charge in [-0.3, -0.25) is 4.79 Å². The van der Waals surface area contributed by atoms with Gasteiger partial charge in [0.2, 0.25) is 5.91 Å². The van der Waals surface area contributed by atoms with Crippen LogP contribution in [0, 0.1) is 0 Å². The number of carbonyl (C=O) groups excluding carboxylic acids is 1. The predicted molar refractivity (Wildman–Crippen MR) is 137 cm³/mol. The van der Waals surface area contributed by atoms with Gasteiger partial charge in [0, 0.05) is 22.2 Å². The average molecular weight is 447 g/mol. The van der Waals surface area contributed by atoms with Crippen LogP contribution < -0.4 is 5.32 Å². The van der Waals surface area contributed by atoms with E-state index >= 15 is 0 Å². The first-order valence-corrected chi connectivity index (χ1v) is 11.7. The number of thiazole rings is 1. The van der Waals surface area contributed by atoms with Crippen molar-refractivity contribution in [3.05, 3.63) is 120 Å². The van der Waals surface area contributed by atoms with Crippen LogP contribution >= 0.6 is 11.3 Å². The zero-order valence-corrected chi connectivity index (χ0v) is 18.8. The lowest BCUT2D eigenvalue weighted by molar-refractivity contribution is -0.115. The van der Waals surface area contributed by atoms with Gasteiger partial charge in [0.1, 0.15) is 5.01 Å². The number of amides is 1. The Morgan fingerprint density at radius 2 is 1.33 bits per heavy atom. The molecule has 1 amide bonds. The number of hydrogen-bond donors (Lipinski definition) is 1. The molecular weight excluding hydrogens is 424 g/mol. The number of carbonyl (C=O) groups is 1. The molecule has 0 aliphatic carbocycles. The molecule has 1 N–H and O–H groups in total. The highest BCUT2D eigenvalue weighted by atomic mass is 32.1. The summed E-state index contributed by atoms with van der Waals surface area (Å²) in [6, 6.07) is 36.4. The van der Waals surface area contributed by atoms with Gasteiger partial charge < -0.3 is 5.32 Å². The minimum absolute atomic E-state index is 0.0390. The minimum Gasteiger partial charge on any atom is -0.326 e. The number of nitrogens with zero attached hydrogens (tertiary/aromatic N) is 1. The van der Waals surface area contributed by atoms with Crippen molar-refractivity contribution in [2.45, 2.75) is 6.42 Å². The summed E-state index contributed by atoms with van der Waals surface area (Å²) in [7, 11) is 0. The molecule has 1 aromatic heterocycles. The molecule has 1 heterocycles. The lowest BCUT2D eigenvalue weighted by Crippen LogP contribution is -2.14. The van der Waals surface area contributed by atoms with Gasteiger partial charge in [-0.2, -0.15) is 0 Å². The van der Waals surface area contributed by atoms with E-state index in [0.29, 0.717) is 6.42 Å². The Kier molecular flexibility index (Phi) is 6.09. The van der Waals surface area contributed by atoms with Crippen LogP contribution in [0.15, 0.2) is 115 Å². The monoisotopic (exact) mass is 446 g/mol. The largest absolute Gasteiger partial charge is 0.326 e. The van der Waals surface area contributed by atoms with E-state index in [9.17, 15) is 4.79 Å². The summed E-state index contributed by atoms with van der Waals surface area (Å²) in [5.41, 5.74) is 7.07. The Hall–Kier alpha value is -4.02. The van der Waals surface area contributed by atoms with Gasteiger partial charge in [0.05, 0.1) is 12.1 Å². The van der Waals surface area contributed by atoms with E-state index in [2.05, 4.69) is 47.1 Å². The normalized spacial score (nSPS) is 10.7. The molecule has 3 nitrogen and oxygen atoms in total. The van der Waals surface area contributed by atoms with E-state index in [1.165, 1.54) is 5.56 Å². The van der Waals surface area contributed by atoms with Gasteiger partial charge in [-0.15, -0.1) is 11.3 Å². The highest BCUT2D eigenvalue weighted by Gasteiger charge is 2.09. The molecule has 160 valence electrons. The third kappa shape index (κ3) is 5.08. The van der Waals surface area contributed by atoms with Crippen LogP contribution in [0.1, 0.15) is 5.56 Å². The van der Waals surface area contributed by atoms with Crippen molar-refractivity contribution in [3.8, 4) is 33.0 Å². The summed E-state index contributed by atoms with van der Waals surface area (Å²) >= 11 is 1.62. The average Bonchev–Trinajstić information content (AvgIpc) is 3.36. The van der Waals surface area contributed by atoms with Crippen molar-refractivity contribution in [1.82, 2.24) is 4.98 Å². The van der Waals surface area contributed by atoms with E-state index in [-0.39, 0.29) is 5.91 Å². The van der Waals surface area contributed by atoms with Crippen LogP contribution in [0.5, 0.6) is 0 Å². The second kappa shape index (κ2) is 9.63. The van der Waals surface area contributed by atoms with Crippen LogP contribution in [-0.4, -0.2) is 10.9 Å². The van der Waals surface area contributed by atoms with Crippen molar-refractivity contribution in [3.63, 3.8) is 0 Å². The molecule has 0 aliphatic heterocycles. The van der Waals surface area contributed by atoms with Crippen molar-refractivity contribution in [2.75, 3.05) is 5.32 Å².